The number of amides is 2. The van der Waals surface area contributed by atoms with E-state index in [0.717, 1.165) is 5.56 Å². The second-order valence-electron chi connectivity index (χ2n) is 4.70. The highest BCUT2D eigenvalue weighted by atomic mass is 16.2. The summed E-state index contributed by atoms with van der Waals surface area (Å²) in [6.07, 6.45) is 0.351. The third-order valence-electron chi connectivity index (χ3n) is 3.10. The van der Waals surface area contributed by atoms with E-state index in [0.29, 0.717) is 13.0 Å². The van der Waals surface area contributed by atoms with Crippen LogP contribution in [0, 0.1) is 0 Å². The van der Waals surface area contributed by atoms with E-state index in [1.54, 1.807) is 6.92 Å². The van der Waals surface area contributed by atoms with Crippen molar-refractivity contribution in [2.75, 3.05) is 13.6 Å². The van der Waals surface area contributed by atoms with Gasteiger partial charge < -0.3 is 16.0 Å². The van der Waals surface area contributed by atoms with Crippen LogP contribution in [-0.4, -0.2) is 31.4 Å². The predicted molar refractivity (Wildman–Crippen MR) is 79.1 cm³/mol. The highest BCUT2D eigenvalue weighted by molar-refractivity contribution is 5.88. The number of benzene rings is 1. The standard InChI is InChI=1S/C15H23N3O2/c1-4-13(19)18-14(12-8-6-5-7-9-12)15(20)17-10-11(2)16-3/h5-9,11,14,16H,4,10H2,1-3H3,(H,17,20)(H,18,19). The fraction of sp³-hybridized carbons (Fsp3) is 0.467. The summed E-state index contributed by atoms with van der Waals surface area (Å²) in [5, 5.41) is 8.65. The Hall–Kier alpha value is -1.88. The molecule has 0 aromatic heterocycles. The summed E-state index contributed by atoms with van der Waals surface area (Å²) in [7, 11) is 1.84. The van der Waals surface area contributed by atoms with Crippen LogP contribution in [0.2, 0.25) is 0 Å². The molecule has 5 heteroatoms. The molecular formula is C15H23N3O2. The summed E-state index contributed by atoms with van der Waals surface area (Å²) in [5.41, 5.74) is 0.781. The average Bonchev–Trinajstić information content (AvgIpc) is 2.50. The first-order valence-electron chi connectivity index (χ1n) is 6.87. The maximum atomic E-state index is 12.3. The van der Waals surface area contributed by atoms with E-state index in [1.807, 2.05) is 44.3 Å². The van der Waals surface area contributed by atoms with Crippen LogP contribution in [0.15, 0.2) is 30.3 Å². The van der Waals surface area contributed by atoms with E-state index >= 15 is 0 Å². The van der Waals surface area contributed by atoms with Gasteiger partial charge in [0.05, 0.1) is 0 Å². The zero-order valence-electron chi connectivity index (χ0n) is 12.3. The molecule has 0 bridgehead atoms. The van der Waals surface area contributed by atoms with Gasteiger partial charge in [-0.15, -0.1) is 0 Å². The van der Waals surface area contributed by atoms with E-state index in [9.17, 15) is 9.59 Å². The number of hydrogen-bond acceptors (Lipinski definition) is 3. The molecule has 110 valence electrons. The Morgan fingerprint density at radius 2 is 1.85 bits per heavy atom. The van der Waals surface area contributed by atoms with Gasteiger partial charge in [0.25, 0.3) is 0 Å². The average molecular weight is 277 g/mol. The molecule has 2 unspecified atom stereocenters. The van der Waals surface area contributed by atoms with Crippen LogP contribution in [0.5, 0.6) is 0 Å². The zero-order valence-corrected chi connectivity index (χ0v) is 12.3. The molecule has 3 N–H and O–H groups in total. The van der Waals surface area contributed by atoms with E-state index in [1.165, 1.54) is 0 Å². The van der Waals surface area contributed by atoms with Crippen molar-refractivity contribution in [3.63, 3.8) is 0 Å². The van der Waals surface area contributed by atoms with Gasteiger partial charge in [0.15, 0.2) is 0 Å². The molecule has 2 atom stereocenters. The molecular weight excluding hydrogens is 254 g/mol. The summed E-state index contributed by atoms with van der Waals surface area (Å²) < 4.78 is 0. The maximum Gasteiger partial charge on any atom is 0.247 e. The van der Waals surface area contributed by atoms with Crippen LogP contribution in [0.4, 0.5) is 0 Å². The van der Waals surface area contributed by atoms with Crippen molar-refractivity contribution >= 4 is 11.8 Å². The second kappa shape index (κ2) is 8.32. The highest BCUT2D eigenvalue weighted by Crippen LogP contribution is 2.12. The van der Waals surface area contributed by atoms with Gasteiger partial charge in [-0.1, -0.05) is 37.3 Å². The minimum atomic E-state index is -0.646. The topological polar surface area (TPSA) is 70.2 Å². The minimum absolute atomic E-state index is 0.143. The van der Waals surface area contributed by atoms with Gasteiger partial charge in [0.2, 0.25) is 11.8 Å². The lowest BCUT2D eigenvalue weighted by molar-refractivity contribution is -0.129. The SMILES string of the molecule is CCC(=O)NC(C(=O)NCC(C)NC)c1ccccc1. The Morgan fingerprint density at radius 3 is 2.40 bits per heavy atom. The number of carbonyl (C=O) groups is 2. The van der Waals surface area contributed by atoms with Crippen molar-refractivity contribution in [3.8, 4) is 0 Å². The second-order valence-corrected chi connectivity index (χ2v) is 4.70. The monoisotopic (exact) mass is 277 g/mol. The van der Waals surface area contributed by atoms with Crippen molar-refractivity contribution in [1.82, 2.24) is 16.0 Å². The van der Waals surface area contributed by atoms with Crippen LogP contribution in [0.3, 0.4) is 0 Å². The van der Waals surface area contributed by atoms with Gasteiger partial charge in [0.1, 0.15) is 6.04 Å². The van der Waals surface area contributed by atoms with Gasteiger partial charge in [0, 0.05) is 19.0 Å². The molecule has 0 aliphatic carbocycles. The van der Waals surface area contributed by atoms with Crippen molar-refractivity contribution in [2.24, 2.45) is 0 Å². The molecule has 0 fully saturated rings. The molecule has 1 aromatic carbocycles. The van der Waals surface area contributed by atoms with Gasteiger partial charge in [-0.2, -0.15) is 0 Å². The molecule has 0 saturated heterocycles. The number of carbonyl (C=O) groups excluding carboxylic acids is 2. The fourth-order valence-corrected chi connectivity index (χ4v) is 1.67. The Morgan fingerprint density at radius 1 is 1.20 bits per heavy atom. The zero-order chi connectivity index (χ0) is 15.0. The first-order chi connectivity index (χ1) is 9.58. The maximum absolute atomic E-state index is 12.3. The van der Waals surface area contributed by atoms with E-state index < -0.39 is 6.04 Å². The number of nitrogens with one attached hydrogen (secondary N) is 3. The molecule has 0 radical (unpaired) electrons. The molecule has 0 aliphatic heterocycles. The third-order valence-corrected chi connectivity index (χ3v) is 3.10. The lowest BCUT2D eigenvalue weighted by Gasteiger charge is -2.20. The summed E-state index contributed by atoms with van der Waals surface area (Å²) in [6.45, 7) is 4.25. The van der Waals surface area contributed by atoms with Crippen molar-refractivity contribution in [3.05, 3.63) is 35.9 Å². The third kappa shape index (κ3) is 5.01. The van der Waals surface area contributed by atoms with Crippen molar-refractivity contribution < 1.29 is 9.59 Å². The molecule has 0 saturated carbocycles. The molecule has 1 rings (SSSR count). The Kier molecular flexibility index (Phi) is 6.73. The Balaban J connectivity index is 2.77. The smallest absolute Gasteiger partial charge is 0.247 e. The first kappa shape index (κ1) is 16.2. The summed E-state index contributed by atoms with van der Waals surface area (Å²) in [4.78, 5) is 23.9. The summed E-state index contributed by atoms with van der Waals surface area (Å²) in [5.74, 6) is -0.337. The summed E-state index contributed by atoms with van der Waals surface area (Å²) in [6, 6.07) is 8.78. The van der Waals surface area contributed by atoms with Crippen LogP contribution in [-0.2, 0) is 9.59 Å². The normalized spacial score (nSPS) is 13.3. The Labute approximate surface area is 120 Å². The van der Waals surface area contributed by atoms with Crippen LogP contribution in [0.25, 0.3) is 0 Å². The van der Waals surface area contributed by atoms with Crippen LogP contribution < -0.4 is 16.0 Å². The fourth-order valence-electron chi connectivity index (χ4n) is 1.67. The molecule has 2 amide bonds. The highest BCUT2D eigenvalue weighted by Gasteiger charge is 2.21. The quantitative estimate of drug-likeness (QED) is 0.696. The number of likely N-dealkylation sites (N-methyl/N-ethyl adjacent to an activating group) is 1. The molecule has 20 heavy (non-hydrogen) atoms. The molecule has 5 nitrogen and oxygen atoms in total. The predicted octanol–water partition coefficient (Wildman–Crippen LogP) is 0.978. The van der Waals surface area contributed by atoms with E-state index in [-0.39, 0.29) is 17.9 Å². The van der Waals surface area contributed by atoms with Gasteiger partial charge >= 0.3 is 0 Å². The number of rotatable bonds is 7. The van der Waals surface area contributed by atoms with Crippen LogP contribution in [0.1, 0.15) is 31.9 Å². The minimum Gasteiger partial charge on any atom is -0.352 e. The van der Waals surface area contributed by atoms with Gasteiger partial charge in [-0.3, -0.25) is 9.59 Å². The van der Waals surface area contributed by atoms with E-state index in [4.69, 9.17) is 0 Å². The molecule has 0 aliphatic rings. The van der Waals surface area contributed by atoms with Crippen LogP contribution >= 0.6 is 0 Å². The summed E-state index contributed by atoms with van der Waals surface area (Å²) >= 11 is 0. The van der Waals surface area contributed by atoms with E-state index in [2.05, 4.69) is 16.0 Å². The number of hydrogen-bond donors (Lipinski definition) is 3. The lowest BCUT2D eigenvalue weighted by Crippen LogP contribution is -2.44. The van der Waals surface area contributed by atoms with Gasteiger partial charge in [-0.25, -0.2) is 0 Å². The lowest BCUT2D eigenvalue weighted by atomic mass is 10.1. The largest absolute Gasteiger partial charge is 0.352 e. The van der Waals surface area contributed by atoms with Gasteiger partial charge in [-0.05, 0) is 19.5 Å². The molecule has 0 spiro atoms. The molecule has 0 heterocycles. The Bertz CT molecular complexity index is 434. The molecule has 1 aromatic rings. The van der Waals surface area contributed by atoms with Crippen molar-refractivity contribution in [2.45, 2.75) is 32.4 Å². The first-order valence-corrected chi connectivity index (χ1v) is 6.87. The van der Waals surface area contributed by atoms with Crippen molar-refractivity contribution in [1.29, 1.82) is 0 Å².